The van der Waals surface area contributed by atoms with Crippen molar-refractivity contribution in [3.8, 4) is 0 Å². The van der Waals surface area contributed by atoms with Crippen LogP contribution in [0.3, 0.4) is 0 Å². The van der Waals surface area contributed by atoms with Crippen molar-refractivity contribution in [2.45, 2.75) is 31.8 Å². The summed E-state index contributed by atoms with van der Waals surface area (Å²) in [5, 5.41) is 3.44. The van der Waals surface area contributed by atoms with Gasteiger partial charge in [-0.05, 0) is 19.8 Å². The Morgan fingerprint density at radius 3 is 2.67 bits per heavy atom. The normalized spacial score (nSPS) is 32.8. The number of hydrogen-bond acceptors (Lipinski definition) is 2. The molecule has 3 heteroatoms. The highest BCUT2D eigenvalue weighted by Crippen LogP contribution is 2.09. The number of hydrogen-bond donors (Lipinski definition) is 1. The van der Waals surface area contributed by atoms with E-state index in [1.807, 2.05) is 6.08 Å². The molecule has 1 atom stereocenters. The Morgan fingerprint density at radius 1 is 1.58 bits per heavy atom. The second-order valence-electron chi connectivity index (χ2n) is 3.31. The molecule has 0 bridgehead atoms. The molecule has 0 spiro atoms. The summed E-state index contributed by atoms with van der Waals surface area (Å²) >= 11 is 0. The fourth-order valence-electron chi connectivity index (χ4n) is 1.40. The predicted molar refractivity (Wildman–Crippen MR) is 53.7 cm³/mol. The molecule has 1 heterocycles. The van der Waals surface area contributed by atoms with E-state index in [1.165, 1.54) is 0 Å². The molecule has 0 saturated carbocycles. The molecule has 12 heavy (non-hydrogen) atoms. The minimum atomic E-state index is -0.544. The van der Waals surface area contributed by atoms with Crippen molar-refractivity contribution in [1.29, 1.82) is 0 Å². The average molecular weight is 187 g/mol. The first kappa shape index (κ1) is 9.93. The van der Waals surface area contributed by atoms with Gasteiger partial charge in [0.05, 0.1) is 0 Å². The SMILES string of the molecule is C=CC(C)NC1CCS(=O)CC1. The summed E-state index contributed by atoms with van der Waals surface area (Å²) in [6, 6.07) is 0.928. The average Bonchev–Trinajstić information content (AvgIpc) is 2.09. The summed E-state index contributed by atoms with van der Waals surface area (Å²) in [7, 11) is -0.544. The highest BCUT2D eigenvalue weighted by atomic mass is 32.2. The molecule has 0 aliphatic carbocycles. The van der Waals surface area contributed by atoms with E-state index in [-0.39, 0.29) is 0 Å². The molecular weight excluding hydrogens is 170 g/mol. The van der Waals surface area contributed by atoms with Gasteiger partial charge in [-0.2, -0.15) is 0 Å². The van der Waals surface area contributed by atoms with E-state index in [0.29, 0.717) is 12.1 Å². The summed E-state index contributed by atoms with van der Waals surface area (Å²) in [6.45, 7) is 5.81. The monoisotopic (exact) mass is 187 g/mol. The van der Waals surface area contributed by atoms with Crippen LogP contribution in [0.5, 0.6) is 0 Å². The molecule has 2 nitrogen and oxygen atoms in total. The van der Waals surface area contributed by atoms with E-state index in [9.17, 15) is 4.21 Å². The van der Waals surface area contributed by atoms with Crippen LogP contribution in [0.4, 0.5) is 0 Å². The zero-order valence-electron chi connectivity index (χ0n) is 7.58. The van der Waals surface area contributed by atoms with Crippen LogP contribution in [0.15, 0.2) is 12.7 Å². The smallest absolute Gasteiger partial charge is 0.0249 e. The summed E-state index contributed by atoms with van der Waals surface area (Å²) in [6.07, 6.45) is 4.00. The summed E-state index contributed by atoms with van der Waals surface area (Å²) < 4.78 is 11.0. The van der Waals surface area contributed by atoms with Crippen LogP contribution in [-0.2, 0) is 10.8 Å². The van der Waals surface area contributed by atoms with Crippen molar-refractivity contribution >= 4 is 10.8 Å². The van der Waals surface area contributed by atoms with Gasteiger partial charge in [-0.3, -0.25) is 4.21 Å². The topological polar surface area (TPSA) is 29.1 Å². The van der Waals surface area contributed by atoms with Gasteiger partial charge in [0.15, 0.2) is 0 Å². The highest BCUT2D eigenvalue weighted by Gasteiger charge is 2.17. The summed E-state index contributed by atoms with van der Waals surface area (Å²) in [5.74, 6) is 1.73. The molecule has 70 valence electrons. The van der Waals surface area contributed by atoms with Crippen molar-refractivity contribution in [2.24, 2.45) is 0 Å². The molecule has 1 aliphatic heterocycles. The lowest BCUT2D eigenvalue weighted by molar-refractivity contribution is 0.454. The predicted octanol–water partition coefficient (Wildman–Crippen LogP) is 1.06. The van der Waals surface area contributed by atoms with Crippen LogP contribution in [0.25, 0.3) is 0 Å². The quantitative estimate of drug-likeness (QED) is 0.669. The van der Waals surface area contributed by atoms with Crippen molar-refractivity contribution in [3.63, 3.8) is 0 Å². The first-order chi connectivity index (χ1) is 5.72. The molecule has 0 radical (unpaired) electrons. The molecule has 0 aromatic heterocycles. The number of nitrogens with one attached hydrogen (secondary N) is 1. The molecule has 0 aromatic rings. The molecule has 1 aliphatic rings. The zero-order chi connectivity index (χ0) is 8.97. The zero-order valence-corrected chi connectivity index (χ0v) is 8.40. The van der Waals surface area contributed by atoms with Gasteiger partial charge in [-0.1, -0.05) is 6.08 Å². The first-order valence-corrected chi connectivity index (χ1v) is 5.94. The molecule has 0 amide bonds. The van der Waals surface area contributed by atoms with Crippen LogP contribution in [0, 0.1) is 0 Å². The Kier molecular flexibility index (Phi) is 3.95. The first-order valence-electron chi connectivity index (χ1n) is 4.46. The third kappa shape index (κ3) is 3.07. The van der Waals surface area contributed by atoms with E-state index in [4.69, 9.17) is 0 Å². The van der Waals surface area contributed by atoms with Crippen LogP contribution in [0.2, 0.25) is 0 Å². The Labute approximate surface area is 76.9 Å². The largest absolute Gasteiger partial charge is 0.308 e. The molecular formula is C9H17NOS. The molecule has 1 unspecified atom stereocenters. The maximum atomic E-state index is 11.0. The second kappa shape index (κ2) is 4.77. The molecule has 0 aromatic carbocycles. The fraction of sp³-hybridized carbons (Fsp3) is 0.778. The Morgan fingerprint density at radius 2 is 2.17 bits per heavy atom. The van der Waals surface area contributed by atoms with Gasteiger partial charge in [-0.15, -0.1) is 6.58 Å². The van der Waals surface area contributed by atoms with Gasteiger partial charge < -0.3 is 5.32 Å². The van der Waals surface area contributed by atoms with Gasteiger partial charge in [0.1, 0.15) is 0 Å². The van der Waals surface area contributed by atoms with E-state index in [2.05, 4.69) is 18.8 Å². The standard InChI is InChI=1S/C9H17NOS/c1-3-8(2)10-9-4-6-12(11)7-5-9/h3,8-10H,1,4-7H2,2H3. The van der Waals surface area contributed by atoms with Gasteiger partial charge in [0, 0.05) is 34.4 Å². The van der Waals surface area contributed by atoms with Crippen molar-refractivity contribution < 1.29 is 4.21 Å². The van der Waals surface area contributed by atoms with Crippen molar-refractivity contribution in [2.75, 3.05) is 11.5 Å². The van der Waals surface area contributed by atoms with E-state index >= 15 is 0 Å². The third-order valence-electron chi connectivity index (χ3n) is 2.24. The highest BCUT2D eigenvalue weighted by molar-refractivity contribution is 7.85. The molecule has 1 saturated heterocycles. The molecule has 1 rings (SSSR count). The lowest BCUT2D eigenvalue weighted by Gasteiger charge is -2.24. The molecule has 1 fully saturated rings. The van der Waals surface area contributed by atoms with Gasteiger partial charge >= 0.3 is 0 Å². The van der Waals surface area contributed by atoms with Crippen LogP contribution in [0.1, 0.15) is 19.8 Å². The van der Waals surface area contributed by atoms with E-state index in [0.717, 1.165) is 24.3 Å². The molecule has 1 N–H and O–H groups in total. The summed E-state index contributed by atoms with van der Waals surface area (Å²) in [5.41, 5.74) is 0. The third-order valence-corrected chi connectivity index (χ3v) is 3.62. The van der Waals surface area contributed by atoms with Crippen molar-refractivity contribution in [3.05, 3.63) is 12.7 Å². The van der Waals surface area contributed by atoms with Gasteiger partial charge in [0.2, 0.25) is 0 Å². The Balaban J connectivity index is 2.25. The Hall–Kier alpha value is -0.150. The minimum absolute atomic E-state index is 0.376. The fourth-order valence-corrected chi connectivity index (χ4v) is 2.70. The van der Waals surface area contributed by atoms with E-state index < -0.39 is 10.8 Å². The number of rotatable bonds is 3. The van der Waals surface area contributed by atoms with Gasteiger partial charge in [-0.25, -0.2) is 0 Å². The summed E-state index contributed by atoms with van der Waals surface area (Å²) in [4.78, 5) is 0. The minimum Gasteiger partial charge on any atom is -0.308 e. The second-order valence-corrected chi connectivity index (χ2v) is 5.01. The van der Waals surface area contributed by atoms with Crippen LogP contribution < -0.4 is 5.32 Å². The van der Waals surface area contributed by atoms with E-state index in [1.54, 1.807) is 0 Å². The van der Waals surface area contributed by atoms with Crippen LogP contribution >= 0.6 is 0 Å². The maximum Gasteiger partial charge on any atom is 0.0249 e. The van der Waals surface area contributed by atoms with Crippen molar-refractivity contribution in [1.82, 2.24) is 5.32 Å². The maximum absolute atomic E-state index is 11.0. The van der Waals surface area contributed by atoms with Gasteiger partial charge in [0.25, 0.3) is 0 Å². The lowest BCUT2D eigenvalue weighted by Crippen LogP contribution is -2.39. The Bertz CT molecular complexity index is 171. The lowest BCUT2D eigenvalue weighted by atomic mass is 10.1. The van der Waals surface area contributed by atoms with Crippen LogP contribution in [-0.4, -0.2) is 27.8 Å².